The number of anilines is 1. The number of nitrogens with one attached hydrogen (secondary N) is 1. The van der Waals surface area contributed by atoms with Crippen molar-refractivity contribution in [3.8, 4) is 0 Å². The molecule has 4 rings (SSSR count). The minimum absolute atomic E-state index is 0.0331. The van der Waals surface area contributed by atoms with Crippen LogP contribution in [0.2, 0.25) is 4.47 Å². The van der Waals surface area contributed by atoms with E-state index in [9.17, 15) is 0 Å². The molecule has 0 radical (unpaired) electrons. The minimum atomic E-state index is 0.0331. The third kappa shape index (κ3) is 3.31. The molecule has 5 nitrogen and oxygen atoms in total. The van der Waals surface area contributed by atoms with Gasteiger partial charge < -0.3 is 10.1 Å². The number of rotatable bonds is 4. The van der Waals surface area contributed by atoms with Crippen LogP contribution in [0, 0.1) is 0 Å². The summed E-state index contributed by atoms with van der Waals surface area (Å²) >= 11 is 10.9. The molecule has 1 saturated heterocycles. The Hall–Kier alpha value is -1.15. The Balaban J connectivity index is 1.57. The Morgan fingerprint density at radius 2 is 2.33 bits per heavy atom. The number of halogens is 2. The summed E-state index contributed by atoms with van der Waals surface area (Å²) in [6.45, 7) is 1.51. The lowest BCUT2D eigenvalue weighted by molar-refractivity contribution is -0.0368. The van der Waals surface area contributed by atoms with Gasteiger partial charge in [0.1, 0.15) is 4.60 Å². The molecular formula is C16H16BrClN4OS. The zero-order valence-electron chi connectivity index (χ0n) is 12.8. The molecule has 0 amide bonds. The van der Waals surface area contributed by atoms with Crippen LogP contribution < -0.4 is 5.32 Å². The summed E-state index contributed by atoms with van der Waals surface area (Å²) in [7, 11) is 0. The fourth-order valence-electron chi connectivity index (χ4n) is 2.90. The van der Waals surface area contributed by atoms with E-state index < -0.39 is 0 Å². The van der Waals surface area contributed by atoms with Crippen molar-refractivity contribution < 1.29 is 4.74 Å². The predicted octanol–water partition coefficient (Wildman–Crippen LogP) is 5.22. The van der Waals surface area contributed by atoms with Crippen LogP contribution in [-0.2, 0) is 11.3 Å². The maximum atomic E-state index is 5.87. The second-order valence-corrected chi connectivity index (χ2v) is 8.17. The van der Waals surface area contributed by atoms with E-state index in [1.165, 1.54) is 17.8 Å². The van der Waals surface area contributed by atoms with Crippen molar-refractivity contribution >= 4 is 55.5 Å². The van der Waals surface area contributed by atoms with Crippen molar-refractivity contribution in [2.75, 3.05) is 11.9 Å². The van der Waals surface area contributed by atoms with Gasteiger partial charge in [-0.1, -0.05) is 11.6 Å². The zero-order chi connectivity index (χ0) is 16.5. The Labute approximate surface area is 157 Å². The topological polar surface area (TPSA) is 52.0 Å². The number of ether oxygens (including phenoxy) is 1. The Morgan fingerprint density at radius 1 is 1.42 bits per heavy atom. The molecule has 1 aliphatic heterocycles. The van der Waals surface area contributed by atoms with E-state index in [0.29, 0.717) is 11.0 Å². The van der Waals surface area contributed by atoms with Gasteiger partial charge in [0.25, 0.3) is 0 Å². The quantitative estimate of drug-likeness (QED) is 0.620. The molecule has 3 aromatic rings. The number of hydrogen-bond donors (Lipinski definition) is 1. The summed E-state index contributed by atoms with van der Waals surface area (Å²) in [6.07, 6.45) is 5.15. The number of nitrogens with zero attached hydrogens (tertiary/aromatic N) is 3. The van der Waals surface area contributed by atoms with Gasteiger partial charge in [0.15, 0.2) is 10.7 Å². The monoisotopic (exact) mass is 426 g/mol. The van der Waals surface area contributed by atoms with Crippen molar-refractivity contribution in [3.63, 3.8) is 0 Å². The second-order valence-electron chi connectivity index (χ2n) is 5.72. The average molecular weight is 428 g/mol. The zero-order valence-corrected chi connectivity index (χ0v) is 16.0. The van der Waals surface area contributed by atoms with Crippen LogP contribution in [0.1, 0.15) is 30.4 Å². The third-order valence-corrected chi connectivity index (χ3v) is 5.78. The van der Waals surface area contributed by atoms with Crippen molar-refractivity contribution in [1.29, 1.82) is 0 Å². The first-order chi connectivity index (χ1) is 11.7. The number of benzene rings is 1. The smallest absolute Gasteiger partial charge is 0.183 e. The van der Waals surface area contributed by atoms with E-state index in [1.807, 2.05) is 4.68 Å². The Bertz CT molecular complexity index is 859. The van der Waals surface area contributed by atoms with E-state index in [0.717, 1.165) is 45.5 Å². The highest BCUT2D eigenvalue weighted by Crippen LogP contribution is 2.32. The maximum Gasteiger partial charge on any atom is 0.183 e. The van der Waals surface area contributed by atoms with Crippen LogP contribution in [-0.4, -0.2) is 21.4 Å². The largest absolute Gasteiger partial charge is 0.380 e. The third-order valence-electron chi connectivity index (χ3n) is 4.08. The van der Waals surface area contributed by atoms with E-state index >= 15 is 0 Å². The molecular weight excluding hydrogens is 412 g/mol. The fraction of sp³-hybridized carbons (Fsp3) is 0.375. The number of hydrogen-bond acceptors (Lipinski definition) is 5. The van der Waals surface area contributed by atoms with Gasteiger partial charge in [0.05, 0.1) is 12.1 Å². The lowest BCUT2D eigenvalue weighted by Gasteiger charge is -2.23. The molecule has 24 heavy (non-hydrogen) atoms. The van der Waals surface area contributed by atoms with Gasteiger partial charge in [0, 0.05) is 28.8 Å². The average Bonchev–Trinajstić information content (AvgIpc) is 3.17. The molecule has 1 N–H and O–H groups in total. The molecule has 126 valence electrons. The number of aromatic nitrogens is 3. The molecule has 0 spiro atoms. The predicted molar refractivity (Wildman–Crippen MR) is 101 cm³/mol. The van der Waals surface area contributed by atoms with Crippen LogP contribution >= 0.6 is 38.9 Å². The second kappa shape index (κ2) is 7.00. The summed E-state index contributed by atoms with van der Waals surface area (Å²) in [5.74, 6) is 0. The van der Waals surface area contributed by atoms with Crippen molar-refractivity contribution in [2.24, 2.45) is 0 Å². The van der Waals surface area contributed by atoms with Gasteiger partial charge >= 0.3 is 0 Å². The lowest BCUT2D eigenvalue weighted by Crippen LogP contribution is -2.19. The van der Waals surface area contributed by atoms with Crippen molar-refractivity contribution in [2.45, 2.75) is 32.0 Å². The summed E-state index contributed by atoms with van der Waals surface area (Å²) in [5, 5.41) is 9.12. The molecule has 1 aromatic carbocycles. The summed E-state index contributed by atoms with van der Waals surface area (Å²) in [6, 6.07) is 6.26. The van der Waals surface area contributed by atoms with Crippen LogP contribution in [0.15, 0.2) is 29.0 Å². The highest BCUT2D eigenvalue weighted by atomic mass is 79.9. The van der Waals surface area contributed by atoms with Gasteiger partial charge in [-0.3, -0.25) is 0 Å². The van der Waals surface area contributed by atoms with Gasteiger partial charge in [0.2, 0.25) is 0 Å². The van der Waals surface area contributed by atoms with E-state index in [4.69, 9.17) is 16.3 Å². The molecule has 3 heterocycles. The van der Waals surface area contributed by atoms with E-state index in [1.54, 1.807) is 6.20 Å². The normalized spacial score (nSPS) is 18.2. The Kier molecular flexibility index (Phi) is 4.76. The minimum Gasteiger partial charge on any atom is -0.380 e. The van der Waals surface area contributed by atoms with Gasteiger partial charge in [-0.25, -0.2) is 9.67 Å². The Morgan fingerprint density at radius 3 is 3.08 bits per heavy atom. The van der Waals surface area contributed by atoms with E-state index in [-0.39, 0.29) is 6.23 Å². The lowest BCUT2D eigenvalue weighted by atomic mass is 10.2. The van der Waals surface area contributed by atoms with Gasteiger partial charge in [-0.2, -0.15) is 5.10 Å². The molecule has 0 aliphatic carbocycles. The SMILES string of the molecule is Clc1ncc(CNc2ccc3c(c2)c(Br)nn3C2CCCCO2)s1. The number of thiazole rings is 1. The highest BCUT2D eigenvalue weighted by molar-refractivity contribution is 9.10. The van der Waals surface area contributed by atoms with Gasteiger partial charge in [-0.15, -0.1) is 11.3 Å². The summed E-state index contributed by atoms with van der Waals surface area (Å²) < 4.78 is 9.27. The molecule has 1 aliphatic rings. The molecule has 1 fully saturated rings. The molecule has 2 aromatic heterocycles. The van der Waals surface area contributed by atoms with Crippen LogP contribution in [0.25, 0.3) is 10.9 Å². The summed E-state index contributed by atoms with van der Waals surface area (Å²) in [4.78, 5) is 5.16. The van der Waals surface area contributed by atoms with Crippen molar-refractivity contribution in [3.05, 3.63) is 38.3 Å². The molecule has 0 bridgehead atoms. The molecule has 1 atom stereocenters. The fourth-order valence-corrected chi connectivity index (χ4v) is 4.31. The maximum absolute atomic E-state index is 5.87. The first-order valence-corrected chi connectivity index (χ1v) is 9.83. The van der Waals surface area contributed by atoms with Crippen molar-refractivity contribution in [1.82, 2.24) is 14.8 Å². The standard InChI is InChI=1S/C16H16BrClN4OS/c17-15-12-7-10(19-8-11-9-20-16(18)24-11)4-5-13(12)22(21-15)14-3-1-2-6-23-14/h4-5,7,9,14,19H,1-3,6,8H2. The van der Waals surface area contributed by atoms with Crippen LogP contribution in [0.4, 0.5) is 5.69 Å². The van der Waals surface area contributed by atoms with Crippen LogP contribution in [0.5, 0.6) is 0 Å². The van der Waals surface area contributed by atoms with Crippen LogP contribution in [0.3, 0.4) is 0 Å². The van der Waals surface area contributed by atoms with Gasteiger partial charge in [-0.05, 0) is 53.4 Å². The summed E-state index contributed by atoms with van der Waals surface area (Å²) in [5.41, 5.74) is 2.12. The number of fused-ring (bicyclic) bond motifs is 1. The molecule has 0 saturated carbocycles. The first kappa shape index (κ1) is 16.3. The highest BCUT2D eigenvalue weighted by Gasteiger charge is 2.20. The molecule has 8 heteroatoms. The molecule has 1 unspecified atom stereocenters. The first-order valence-electron chi connectivity index (χ1n) is 7.84. The van der Waals surface area contributed by atoms with E-state index in [2.05, 4.69) is 49.5 Å².